The number of rotatable bonds is 4. The Morgan fingerprint density at radius 1 is 1.32 bits per heavy atom. The Kier molecular flexibility index (Phi) is 5.22. The van der Waals surface area contributed by atoms with Crippen LogP contribution in [0.15, 0.2) is 47.5 Å². The summed E-state index contributed by atoms with van der Waals surface area (Å²) in [6, 6.07) is 12.9. The highest BCUT2D eigenvalue weighted by molar-refractivity contribution is 7.16. The monoisotopic (exact) mass is 370 g/mol. The molecule has 3 aromatic rings. The number of carbonyl (C=O) groups excluding carboxylic acids is 1. The van der Waals surface area contributed by atoms with Crippen molar-refractivity contribution < 1.29 is 9.53 Å². The lowest BCUT2D eigenvalue weighted by Crippen LogP contribution is -2.19. The first-order chi connectivity index (χ1) is 12.1. The SMILES string of the molecule is C#CCn1c(=NC(=O)COc2ccc(Cl)cc2)sc2cc(C)ccc21. The second-order valence-corrected chi connectivity index (χ2v) is 6.84. The van der Waals surface area contributed by atoms with Gasteiger partial charge in [0.25, 0.3) is 5.91 Å². The van der Waals surface area contributed by atoms with Crippen molar-refractivity contribution in [1.82, 2.24) is 4.57 Å². The minimum atomic E-state index is -0.371. The van der Waals surface area contributed by atoms with Gasteiger partial charge in [-0.05, 0) is 48.9 Å². The van der Waals surface area contributed by atoms with E-state index in [2.05, 4.69) is 17.0 Å². The summed E-state index contributed by atoms with van der Waals surface area (Å²) in [5, 5.41) is 0.610. The van der Waals surface area contributed by atoms with E-state index in [1.165, 1.54) is 11.3 Å². The molecule has 0 aliphatic heterocycles. The second-order valence-electron chi connectivity index (χ2n) is 5.39. The first-order valence-corrected chi connectivity index (χ1v) is 8.75. The van der Waals surface area contributed by atoms with E-state index in [9.17, 15) is 4.79 Å². The van der Waals surface area contributed by atoms with Crippen molar-refractivity contribution in [2.24, 2.45) is 4.99 Å². The van der Waals surface area contributed by atoms with Crippen molar-refractivity contribution >= 4 is 39.1 Å². The molecule has 25 heavy (non-hydrogen) atoms. The summed E-state index contributed by atoms with van der Waals surface area (Å²) in [4.78, 5) is 16.9. The summed E-state index contributed by atoms with van der Waals surface area (Å²) in [6.07, 6.45) is 5.46. The molecule has 1 heterocycles. The number of carbonyl (C=O) groups is 1. The summed E-state index contributed by atoms with van der Waals surface area (Å²) in [5.41, 5.74) is 2.12. The number of nitrogens with zero attached hydrogens (tertiary/aromatic N) is 2. The number of halogens is 1. The Hall–Kier alpha value is -2.55. The van der Waals surface area contributed by atoms with Gasteiger partial charge in [-0.25, -0.2) is 0 Å². The molecule has 3 rings (SSSR count). The van der Waals surface area contributed by atoms with Crippen molar-refractivity contribution in [1.29, 1.82) is 0 Å². The number of amides is 1. The maximum absolute atomic E-state index is 12.2. The quantitative estimate of drug-likeness (QED) is 0.655. The minimum absolute atomic E-state index is 0.148. The number of aryl methyl sites for hydroxylation is 1. The van der Waals surface area contributed by atoms with Crippen LogP contribution in [0.3, 0.4) is 0 Å². The van der Waals surface area contributed by atoms with Crippen molar-refractivity contribution in [3.8, 4) is 18.1 Å². The fourth-order valence-corrected chi connectivity index (χ4v) is 3.60. The maximum Gasteiger partial charge on any atom is 0.286 e. The molecule has 4 nitrogen and oxygen atoms in total. The molecule has 1 amide bonds. The third-order valence-electron chi connectivity index (χ3n) is 3.48. The number of ether oxygens (including phenoxy) is 1. The number of hydrogen-bond donors (Lipinski definition) is 0. The van der Waals surface area contributed by atoms with Gasteiger partial charge < -0.3 is 9.30 Å². The van der Waals surface area contributed by atoms with E-state index in [1.807, 2.05) is 23.6 Å². The van der Waals surface area contributed by atoms with Gasteiger partial charge in [-0.15, -0.1) is 6.42 Å². The van der Waals surface area contributed by atoms with Crippen LogP contribution in [0.4, 0.5) is 0 Å². The van der Waals surface area contributed by atoms with Gasteiger partial charge in [-0.1, -0.05) is 34.9 Å². The number of benzene rings is 2. The summed E-state index contributed by atoms with van der Waals surface area (Å²) in [7, 11) is 0. The molecular formula is C19H15ClN2O2S. The predicted molar refractivity (Wildman–Crippen MR) is 101 cm³/mol. The third-order valence-corrected chi connectivity index (χ3v) is 4.78. The van der Waals surface area contributed by atoms with E-state index >= 15 is 0 Å². The first-order valence-electron chi connectivity index (χ1n) is 7.56. The van der Waals surface area contributed by atoms with Gasteiger partial charge in [0.15, 0.2) is 11.4 Å². The van der Waals surface area contributed by atoms with Crippen LogP contribution in [0, 0.1) is 19.3 Å². The molecule has 1 aromatic heterocycles. The molecule has 0 fully saturated rings. The zero-order valence-electron chi connectivity index (χ0n) is 13.5. The number of fused-ring (bicyclic) bond motifs is 1. The van der Waals surface area contributed by atoms with E-state index < -0.39 is 0 Å². The molecule has 0 unspecified atom stereocenters. The van der Waals surface area contributed by atoms with E-state index in [0.717, 1.165) is 15.8 Å². The molecule has 0 N–H and O–H groups in total. The third kappa shape index (κ3) is 4.11. The van der Waals surface area contributed by atoms with Gasteiger partial charge in [0.2, 0.25) is 0 Å². The molecule has 126 valence electrons. The van der Waals surface area contributed by atoms with E-state index in [4.69, 9.17) is 22.8 Å². The average Bonchev–Trinajstić information content (AvgIpc) is 2.91. The smallest absolute Gasteiger partial charge is 0.286 e. The van der Waals surface area contributed by atoms with Gasteiger partial charge in [0, 0.05) is 5.02 Å². The molecule has 0 aliphatic carbocycles. The van der Waals surface area contributed by atoms with Crippen LogP contribution >= 0.6 is 22.9 Å². The van der Waals surface area contributed by atoms with Crippen molar-refractivity contribution in [3.63, 3.8) is 0 Å². The minimum Gasteiger partial charge on any atom is -0.484 e. The zero-order valence-corrected chi connectivity index (χ0v) is 15.1. The molecule has 0 atom stereocenters. The van der Waals surface area contributed by atoms with Gasteiger partial charge in [-0.2, -0.15) is 4.99 Å². The van der Waals surface area contributed by atoms with Crippen LogP contribution in [0.5, 0.6) is 5.75 Å². The standard InChI is InChI=1S/C19H15ClN2O2S/c1-3-10-22-16-9-4-13(2)11-17(16)25-19(22)21-18(23)12-24-15-7-5-14(20)6-8-15/h1,4-9,11H,10,12H2,2H3. The van der Waals surface area contributed by atoms with Crippen molar-refractivity contribution in [3.05, 3.63) is 57.9 Å². The second kappa shape index (κ2) is 7.56. The van der Waals surface area contributed by atoms with Crippen LogP contribution in [0.2, 0.25) is 5.02 Å². The molecular weight excluding hydrogens is 356 g/mol. The highest BCUT2D eigenvalue weighted by atomic mass is 35.5. The lowest BCUT2D eigenvalue weighted by Gasteiger charge is -2.03. The van der Waals surface area contributed by atoms with E-state index in [-0.39, 0.29) is 12.5 Å². The summed E-state index contributed by atoms with van der Waals surface area (Å²) >= 11 is 7.26. The van der Waals surface area contributed by atoms with Crippen LogP contribution < -0.4 is 9.54 Å². The van der Waals surface area contributed by atoms with Gasteiger partial charge in [-0.3, -0.25) is 4.79 Å². The Labute approximate surface area is 154 Å². The highest BCUT2D eigenvalue weighted by Gasteiger charge is 2.08. The Balaban J connectivity index is 1.86. The molecule has 0 saturated heterocycles. The Morgan fingerprint density at radius 2 is 2.08 bits per heavy atom. The predicted octanol–water partition coefficient (Wildman–Crippen LogP) is 3.80. The van der Waals surface area contributed by atoms with Crippen LogP contribution in [0.1, 0.15) is 5.56 Å². The van der Waals surface area contributed by atoms with Crippen LogP contribution in [-0.2, 0) is 11.3 Å². The molecule has 0 aliphatic rings. The topological polar surface area (TPSA) is 43.6 Å². The van der Waals surface area contributed by atoms with E-state index in [1.54, 1.807) is 24.3 Å². The number of hydrogen-bond acceptors (Lipinski definition) is 3. The lowest BCUT2D eigenvalue weighted by atomic mass is 10.2. The largest absolute Gasteiger partial charge is 0.484 e. The molecule has 0 bridgehead atoms. The van der Waals surface area contributed by atoms with Gasteiger partial charge in [0.1, 0.15) is 5.75 Å². The fourth-order valence-electron chi connectivity index (χ4n) is 2.32. The molecule has 0 spiro atoms. The maximum atomic E-state index is 12.2. The molecule has 0 saturated carbocycles. The van der Waals surface area contributed by atoms with Gasteiger partial charge in [0.05, 0.1) is 16.8 Å². The van der Waals surface area contributed by atoms with Crippen molar-refractivity contribution in [2.75, 3.05) is 6.61 Å². The van der Waals surface area contributed by atoms with Crippen LogP contribution in [0.25, 0.3) is 10.2 Å². The summed E-state index contributed by atoms with van der Waals surface area (Å²) in [6.45, 7) is 2.23. The zero-order chi connectivity index (χ0) is 17.8. The van der Waals surface area contributed by atoms with Crippen molar-refractivity contribution in [2.45, 2.75) is 13.5 Å². The highest BCUT2D eigenvalue weighted by Crippen LogP contribution is 2.19. The Morgan fingerprint density at radius 3 is 2.80 bits per heavy atom. The van der Waals surface area contributed by atoms with Gasteiger partial charge >= 0.3 is 0 Å². The summed E-state index contributed by atoms with van der Waals surface area (Å²) < 4.78 is 8.34. The molecule has 6 heteroatoms. The number of thiazole rings is 1. The fraction of sp³-hybridized carbons (Fsp3) is 0.158. The number of terminal acetylenes is 1. The molecule has 2 aromatic carbocycles. The van der Waals surface area contributed by atoms with E-state index in [0.29, 0.717) is 22.1 Å². The van der Waals surface area contributed by atoms with Crippen LogP contribution in [-0.4, -0.2) is 17.1 Å². The first kappa shape index (κ1) is 17.3. The normalized spacial score (nSPS) is 11.5. The Bertz CT molecular complexity index is 1030. The molecule has 0 radical (unpaired) electrons. The average molecular weight is 371 g/mol. The lowest BCUT2D eigenvalue weighted by molar-refractivity contribution is -0.120. The number of aromatic nitrogens is 1. The summed E-state index contributed by atoms with van der Waals surface area (Å²) in [5.74, 6) is 2.80.